The second kappa shape index (κ2) is 9.25. The number of aliphatic hydroxyl groups is 1. The molecule has 2 aliphatic rings. The van der Waals surface area contributed by atoms with E-state index in [0.717, 1.165) is 0 Å². The minimum Gasteiger partial charge on any atom is -0.395 e. The fraction of sp³-hybridized carbons (Fsp3) is 0.318. The van der Waals surface area contributed by atoms with Gasteiger partial charge >= 0.3 is 0 Å². The van der Waals surface area contributed by atoms with E-state index in [9.17, 15) is 24.8 Å². The summed E-state index contributed by atoms with van der Waals surface area (Å²) in [6, 6.07) is 11.0. The Hall–Kier alpha value is -3.63. The van der Waals surface area contributed by atoms with Crippen LogP contribution in [0.4, 0.5) is 5.69 Å². The Bertz CT molecular complexity index is 1050. The Labute approximate surface area is 184 Å². The molecule has 10 nitrogen and oxygen atoms in total. The number of pyridine rings is 1. The van der Waals surface area contributed by atoms with Gasteiger partial charge in [-0.2, -0.15) is 0 Å². The number of aliphatic hydroxyl groups excluding tert-OH is 1. The normalized spacial score (nSPS) is 17.4. The lowest BCUT2D eigenvalue weighted by Crippen LogP contribution is -2.48. The van der Waals surface area contributed by atoms with Crippen LogP contribution < -0.4 is 0 Å². The van der Waals surface area contributed by atoms with Crippen molar-refractivity contribution in [3.8, 4) is 0 Å². The largest absolute Gasteiger partial charge is 0.395 e. The number of aromatic nitrogens is 1. The number of rotatable bonds is 7. The average Bonchev–Trinajstić information content (AvgIpc) is 3.05. The average molecular weight is 437 g/mol. The number of carbonyl (C=O) groups is 2. The summed E-state index contributed by atoms with van der Waals surface area (Å²) < 4.78 is 0. The van der Waals surface area contributed by atoms with E-state index in [1.807, 2.05) is 4.90 Å². The van der Waals surface area contributed by atoms with E-state index in [0.29, 0.717) is 49.7 Å². The maximum absolute atomic E-state index is 13.4. The van der Waals surface area contributed by atoms with Gasteiger partial charge in [-0.3, -0.25) is 34.5 Å². The van der Waals surface area contributed by atoms with Gasteiger partial charge in [0.1, 0.15) is 5.70 Å². The minimum absolute atomic E-state index is 0.0446. The Morgan fingerprint density at radius 3 is 2.31 bits per heavy atom. The number of benzene rings is 1. The van der Waals surface area contributed by atoms with Gasteiger partial charge in [-0.15, -0.1) is 0 Å². The third-order valence-corrected chi connectivity index (χ3v) is 5.66. The third kappa shape index (κ3) is 4.23. The van der Waals surface area contributed by atoms with Crippen LogP contribution >= 0.6 is 0 Å². The Morgan fingerprint density at radius 1 is 1.00 bits per heavy atom. The molecule has 10 heteroatoms. The first-order chi connectivity index (χ1) is 15.5. The minimum atomic E-state index is -0.506. The highest BCUT2D eigenvalue weighted by Gasteiger charge is 2.42. The van der Waals surface area contributed by atoms with Crippen molar-refractivity contribution in [2.75, 3.05) is 39.3 Å². The quantitative estimate of drug-likeness (QED) is 0.385. The summed E-state index contributed by atoms with van der Waals surface area (Å²) in [5.41, 5.74) is 1.52. The fourth-order valence-corrected chi connectivity index (χ4v) is 4.00. The highest BCUT2D eigenvalue weighted by atomic mass is 16.6. The summed E-state index contributed by atoms with van der Waals surface area (Å²) in [6.45, 7) is 3.03. The molecule has 2 aliphatic heterocycles. The van der Waals surface area contributed by atoms with Crippen molar-refractivity contribution in [3.63, 3.8) is 0 Å². The predicted molar refractivity (Wildman–Crippen MR) is 115 cm³/mol. The molecule has 0 radical (unpaired) electrons. The molecule has 4 rings (SSSR count). The summed E-state index contributed by atoms with van der Waals surface area (Å²) in [5.74, 6) is -0.841. The predicted octanol–water partition coefficient (Wildman–Crippen LogP) is 0.880. The molecule has 2 aromatic rings. The van der Waals surface area contributed by atoms with Crippen molar-refractivity contribution in [1.82, 2.24) is 19.7 Å². The number of imide groups is 1. The summed E-state index contributed by atoms with van der Waals surface area (Å²) in [4.78, 5) is 46.7. The molecule has 0 aliphatic carbocycles. The molecular weight excluding hydrogens is 414 g/mol. The number of nitro benzene ring substituents is 1. The van der Waals surface area contributed by atoms with E-state index < -0.39 is 16.7 Å². The van der Waals surface area contributed by atoms with E-state index in [1.54, 1.807) is 24.4 Å². The van der Waals surface area contributed by atoms with Gasteiger partial charge in [0.2, 0.25) is 0 Å². The van der Waals surface area contributed by atoms with Gasteiger partial charge in [0.05, 0.1) is 29.3 Å². The molecule has 0 saturated carbocycles. The lowest BCUT2D eigenvalue weighted by molar-refractivity contribution is -0.384. The third-order valence-electron chi connectivity index (χ3n) is 5.66. The topological polar surface area (TPSA) is 120 Å². The summed E-state index contributed by atoms with van der Waals surface area (Å²) >= 11 is 0. The van der Waals surface area contributed by atoms with E-state index in [2.05, 4.69) is 9.88 Å². The molecular formula is C22H23N5O5. The fourth-order valence-electron chi connectivity index (χ4n) is 4.00. The summed E-state index contributed by atoms with van der Waals surface area (Å²) in [6.07, 6.45) is 1.60. The Balaban J connectivity index is 1.68. The number of amides is 2. The van der Waals surface area contributed by atoms with E-state index in [4.69, 9.17) is 0 Å². The number of β-amino-alcohol motifs (C(OH)–C–C–N with tert-alkyl or cyclic N) is 1. The maximum atomic E-state index is 13.4. The molecule has 3 heterocycles. The van der Waals surface area contributed by atoms with Gasteiger partial charge in [0, 0.05) is 51.1 Å². The lowest BCUT2D eigenvalue weighted by atomic mass is 10.0. The number of carbonyl (C=O) groups excluding carboxylic acids is 2. The van der Waals surface area contributed by atoms with Crippen LogP contribution in [0.3, 0.4) is 0 Å². The molecule has 1 aromatic heterocycles. The first-order valence-electron chi connectivity index (χ1n) is 10.3. The van der Waals surface area contributed by atoms with Gasteiger partial charge in [-0.05, 0) is 29.8 Å². The number of non-ortho nitro benzene ring substituents is 1. The van der Waals surface area contributed by atoms with Crippen molar-refractivity contribution in [2.24, 2.45) is 0 Å². The molecule has 2 amide bonds. The van der Waals surface area contributed by atoms with Crippen LogP contribution in [0.1, 0.15) is 11.3 Å². The number of nitro groups is 1. The first-order valence-corrected chi connectivity index (χ1v) is 10.3. The van der Waals surface area contributed by atoms with Gasteiger partial charge in [-0.25, -0.2) is 0 Å². The van der Waals surface area contributed by atoms with Crippen LogP contribution in [0.15, 0.2) is 54.4 Å². The molecule has 1 N–H and O–H groups in total. The van der Waals surface area contributed by atoms with Crippen molar-refractivity contribution in [1.29, 1.82) is 0 Å². The van der Waals surface area contributed by atoms with Crippen molar-refractivity contribution in [2.45, 2.75) is 6.54 Å². The van der Waals surface area contributed by atoms with Crippen LogP contribution in [-0.2, 0) is 16.1 Å². The van der Waals surface area contributed by atoms with Crippen LogP contribution in [-0.4, -0.2) is 80.9 Å². The monoisotopic (exact) mass is 437 g/mol. The maximum Gasteiger partial charge on any atom is 0.278 e. The zero-order valence-corrected chi connectivity index (χ0v) is 17.4. The first kappa shape index (κ1) is 21.6. The molecule has 0 unspecified atom stereocenters. The van der Waals surface area contributed by atoms with Gasteiger partial charge < -0.3 is 10.0 Å². The molecule has 1 saturated heterocycles. The number of hydrogen-bond acceptors (Lipinski definition) is 8. The summed E-state index contributed by atoms with van der Waals surface area (Å²) in [7, 11) is 0. The zero-order chi connectivity index (χ0) is 22.7. The number of hydrogen-bond donors (Lipinski definition) is 1. The van der Waals surface area contributed by atoms with Crippen molar-refractivity contribution < 1.29 is 19.6 Å². The Morgan fingerprint density at radius 2 is 1.72 bits per heavy atom. The van der Waals surface area contributed by atoms with E-state index in [-0.39, 0.29) is 24.4 Å². The SMILES string of the molecule is O=C1C(c2ccc([N+](=O)[O-])cc2)=C(N2CCN(CCO)CC2)C(=O)N1Cc1ccccn1. The summed E-state index contributed by atoms with van der Waals surface area (Å²) in [5, 5.41) is 20.2. The molecule has 0 atom stereocenters. The number of piperazine rings is 1. The van der Waals surface area contributed by atoms with Crippen LogP contribution in [0, 0.1) is 10.1 Å². The molecule has 166 valence electrons. The van der Waals surface area contributed by atoms with E-state index in [1.165, 1.54) is 29.2 Å². The van der Waals surface area contributed by atoms with Gasteiger partial charge in [-0.1, -0.05) is 6.07 Å². The van der Waals surface area contributed by atoms with Gasteiger partial charge in [0.15, 0.2) is 0 Å². The van der Waals surface area contributed by atoms with Crippen molar-refractivity contribution in [3.05, 3.63) is 75.7 Å². The highest BCUT2D eigenvalue weighted by molar-refractivity contribution is 6.35. The van der Waals surface area contributed by atoms with Crippen molar-refractivity contribution >= 4 is 23.1 Å². The van der Waals surface area contributed by atoms with Crippen LogP contribution in [0.2, 0.25) is 0 Å². The van der Waals surface area contributed by atoms with E-state index >= 15 is 0 Å². The van der Waals surface area contributed by atoms with Crippen LogP contribution in [0.5, 0.6) is 0 Å². The molecule has 32 heavy (non-hydrogen) atoms. The molecule has 0 bridgehead atoms. The molecule has 1 aromatic carbocycles. The standard InChI is InChI=1S/C22H23N5O5/c28-14-13-24-9-11-25(12-10-24)20-19(16-4-6-18(7-5-16)27(31)32)21(29)26(22(20)30)15-17-3-1-2-8-23-17/h1-8,28H,9-15H2. The van der Waals surface area contributed by atoms with Crippen LogP contribution in [0.25, 0.3) is 5.57 Å². The molecule has 0 spiro atoms. The zero-order valence-electron chi connectivity index (χ0n) is 17.4. The highest BCUT2D eigenvalue weighted by Crippen LogP contribution is 2.33. The Kier molecular flexibility index (Phi) is 6.24. The second-order valence-corrected chi connectivity index (χ2v) is 7.60. The lowest BCUT2D eigenvalue weighted by Gasteiger charge is -2.36. The smallest absolute Gasteiger partial charge is 0.278 e. The van der Waals surface area contributed by atoms with Gasteiger partial charge in [0.25, 0.3) is 17.5 Å². The number of nitrogens with zero attached hydrogens (tertiary/aromatic N) is 5. The molecule has 1 fully saturated rings. The second-order valence-electron chi connectivity index (χ2n) is 7.60.